The van der Waals surface area contributed by atoms with Crippen LogP contribution in [0.25, 0.3) is 32.3 Å². The maximum Gasteiger partial charge on any atom is 0.342 e. The Bertz CT molecular complexity index is 1710. The van der Waals surface area contributed by atoms with Gasteiger partial charge in [-0.3, -0.25) is 19.2 Å². The van der Waals surface area contributed by atoms with E-state index in [1.54, 1.807) is 0 Å². The SMILES string of the molecule is COc1cc2c(=O)c3cc4c(=O)c(OC)cc(=O)c4c(O)c3c(=O)c2c2c1C(=O)OC2. The Hall–Kier alpha value is -4.27. The summed E-state index contributed by atoms with van der Waals surface area (Å²) in [7, 11) is 2.52. The van der Waals surface area contributed by atoms with Crippen molar-refractivity contribution in [1.29, 1.82) is 0 Å². The predicted molar refractivity (Wildman–Crippen MR) is 110 cm³/mol. The van der Waals surface area contributed by atoms with Crippen LogP contribution < -0.4 is 31.2 Å². The van der Waals surface area contributed by atoms with Crippen LogP contribution in [0, 0.1) is 0 Å². The van der Waals surface area contributed by atoms with Crippen molar-refractivity contribution in [3.8, 4) is 17.2 Å². The largest absolute Gasteiger partial charge is 0.506 e. The number of carbonyl (C=O) groups is 1. The average molecular weight is 420 g/mol. The molecule has 1 N–H and O–H groups in total. The average Bonchev–Trinajstić information content (AvgIpc) is 3.14. The number of rotatable bonds is 2. The summed E-state index contributed by atoms with van der Waals surface area (Å²) < 4.78 is 15.1. The fourth-order valence-electron chi connectivity index (χ4n) is 4.21. The smallest absolute Gasteiger partial charge is 0.342 e. The van der Waals surface area contributed by atoms with Crippen LogP contribution in [0.1, 0.15) is 15.9 Å². The van der Waals surface area contributed by atoms with Gasteiger partial charge in [0.15, 0.2) is 22.0 Å². The van der Waals surface area contributed by atoms with Crippen LogP contribution in [-0.2, 0) is 11.3 Å². The van der Waals surface area contributed by atoms with E-state index in [-0.39, 0.29) is 56.2 Å². The topological polar surface area (TPSA) is 133 Å². The van der Waals surface area contributed by atoms with Crippen LogP contribution in [0.2, 0.25) is 0 Å². The minimum Gasteiger partial charge on any atom is -0.506 e. The fourth-order valence-corrected chi connectivity index (χ4v) is 4.21. The number of benzene rings is 4. The highest BCUT2D eigenvalue weighted by atomic mass is 16.5. The van der Waals surface area contributed by atoms with Gasteiger partial charge in [-0.05, 0) is 12.1 Å². The number of hydrogen-bond donors (Lipinski definition) is 1. The number of fused-ring (bicyclic) bond motifs is 5. The van der Waals surface area contributed by atoms with Gasteiger partial charge in [0.05, 0.1) is 25.0 Å². The van der Waals surface area contributed by atoms with Crippen LogP contribution >= 0.6 is 0 Å². The molecule has 0 aromatic heterocycles. The molecule has 0 spiro atoms. The van der Waals surface area contributed by atoms with E-state index in [4.69, 9.17) is 14.2 Å². The van der Waals surface area contributed by atoms with Crippen molar-refractivity contribution in [2.45, 2.75) is 6.61 Å². The van der Waals surface area contributed by atoms with Crippen molar-refractivity contribution in [2.75, 3.05) is 14.2 Å². The number of ether oxygens (including phenoxy) is 3. The summed E-state index contributed by atoms with van der Waals surface area (Å²) in [6.45, 7) is -0.245. The van der Waals surface area contributed by atoms with E-state index in [9.17, 15) is 29.1 Å². The molecule has 31 heavy (non-hydrogen) atoms. The van der Waals surface area contributed by atoms with Gasteiger partial charge in [0.2, 0.25) is 5.43 Å². The summed E-state index contributed by atoms with van der Waals surface area (Å²) in [5.41, 5.74) is -2.67. The van der Waals surface area contributed by atoms with Crippen LogP contribution in [0.15, 0.2) is 37.4 Å². The summed E-state index contributed by atoms with van der Waals surface area (Å²) in [5.74, 6) is -1.65. The Morgan fingerprint density at radius 3 is 2.10 bits per heavy atom. The maximum atomic E-state index is 13.4. The summed E-state index contributed by atoms with van der Waals surface area (Å²) >= 11 is 0. The molecule has 5 rings (SSSR count). The zero-order chi connectivity index (χ0) is 22.2. The highest BCUT2D eigenvalue weighted by Crippen LogP contribution is 2.36. The van der Waals surface area contributed by atoms with Crippen LogP contribution in [0.5, 0.6) is 17.2 Å². The van der Waals surface area contributed by atoms with Crippen molar-refractivity contribution in [1.82, 2.24) is 0 Å². The van der Waals surface area contributed by atoms with Gasteiger partial charge < -0.3 is 19.3 Å². The summed E-state index contributed by atoms with van der Waals surface area (Å²) in [5, 5.41) is 9.39. The Morgan fingerprint density at radius 1 is 0.774 bits per heavy atom. The van der Waals surface area contributed by atoms with E-state index in [0.29, 0.717) is 0 Å². The van der Waals surface area contributed by atoms with Crippen LogP contribution in [0.4, 0.5) is 0 Å². The van der Waals surface area contributed by atoms with Crippen LogP contribution in [-0.4, -0.2) is 25.3 Å². The highest BCUT2D eigenvalue weighted by molar-refractivity contribution is 6.12. The van der Waals surface area contributed by atoms with E-state index in [0.717, 1.165) is 12.1 Å². The number of carbonyl (C=O) groups excluding carboxylic acids is 1. The lowest BCUT2D eigenvalue weighted by Gasteiger charge is -2.10. The number of phenols is 1. The first-order valence-electron chi connectivity index (χ1n) is 9.05. The number of hydrogen-bond acceptors (Lipinski definition) is 9. The highest BCUT2D eigenvalue weighted by Gasteiger charge is 2.31. The molecule has 1 aliphatic heterocycles. The van der Waals surface area contributed by atoms with Gasteiger partial charge in [-0.1, -0.05) is 0 Å². The molecule has 0 radical (unpaired) electrons. The van der Waals surface area contributed by atoms with Gasteiger partial charge in [-0.15, -0.1) is 0 Å². The molecule has 0 bridgehead atoms. The molecule has 0 fully saturated rings. The Labute approximate surface area is 171 Å². The second-order valence-electron chi connectivity index (χ2n) is 7.07. The minimum absolute atomic E-state index is 0.0298. The van der Waals surface area contributed by atoms with Crippen molar-refractivity contribution in [3.05, 3.63) is 70.2 Å². The molecule has 1 aliphatic rings. The third-order valence-electron chi connectivity index (χ3n) is 5.61. The molecule has 4 aromatic carbocycles. The summed E-state index contributed by atoms with van der Waals surface area (Å²) in [6, 6.07) is 3.28. The monoisotopic (exact) mass is 420 g/mol. The molecule has 0 saturated heterocycles. The van der Waals surface area contributed by atoms with Crippen molar-refractivity contribution in [3.63, 3.8) is 0 Å². The van der Waals surface area contributed by atoms with E-state index >= 15 is 0 Å². The zero-order valence-corrected chi connectivity index (χ0v) is 16.2. The molecule has 0 saturated carbocycles. The molecular weight excluding hydrogens is 408 g/mol. The quantitative estimate of drug-likeness (QED) is 0.370. The molecule has 154 valence electrons. The van der Waals surface area contributed by atoms with E-state index < -0.39 is 38.8 Å². The summed E-state index contributed by atoms with van der Waals surface area (Å²) in [6.07, 6.45) is 0. The van der Waals surface area contributed by atoms with Gasteiger partial charge in [-0.25, -0.2) is 4.79 Å². The number of cyclic esters (lactones) is 1. The molecule has 9 heteroatoms. The van der Waals surface area contributed by atoms with Gasteiger partial charge in [0.25, 0.3) is 0 Å². The Balaban J connectivity index is 2.11. The van der Waals surface area contributed by atoms with Gasteiger partial charge in [0.1, 0.15) is 23.7 Å². The molecule has 0 unspecified atom stereocenters. The lowest BCUT2D eigenvalue weighted by molar-refractivity contribution is 0.0533. The van der Waals surface area contributed by atoms with Gasteiger partial charge in [-0.2, -0.15) is 0 Å². The van der Waals surface area contributed by atoms with Crippen LogP contribution in [0.3, 0.4) is 0 Å². The van der Waals surface area contributed by atoms with Gasteiger partial charge >= 0.3 is 5.97 Å². The second-order valence-corrected chi connectivity index (χ2v) is 7.07. The zero-order valence-electron chi connectivity index (χ0n) is 16.2. The molecule has 9 nitrogen and oxygen atoms in total. The minimum atomic E-state index is -0.768. The summed E-state index contributed by atoms with van der Waals surface area (Å²) in [4.78, 5) is 63.9. The lowest BCUT2D eigenvalue weighted by atomic mass is 9.93. The number of aromatic hydroxyl groups is 1. The van der Waals surface area contributed by atoms with E-state index in [1.165, 1.54) is 20.3 Å². The van der Waals surface area contributed by atoms with E-state index in [2.05, 4.69) is 0 Å². The van der Waals surface area contributed by atoms with Crippen molar-refractivity contribution < 1.29 is 24.1 Å². The fraction of sp³-hybridized carbons (Fsp3) is 0.136. The standard InChI is InChI=1S/C22H12O9/c1-29-12-4-9-14(10-6-31-22(28)16(10)12)20(26)17-8(18(9)24)3-7-15(21(17)27)11(23)5-13(30-2)19(7)25/h3-5,27H,6H2,1-2H3. The molecule has 0 atom stereocenters. The first-order chi connectivity index (χ1) is 14.8. The molecule has 0 amide bonds. The lowest BCUT2D eigenvalue weighted by Crippen LogP contribution is -2.19. The second kappa shape index (κ2) is 6.11. The number of esters is 1. The maximum absolute atomic E-state index is 13.4. The molecule has 1 heterocycles. The van der Waals surface area contributed by atoms with Crippen molar-refractivity contribution in [2.24, 2.45) is 0 Å². The van der Waals surface area contributed by atoms with E-state index in [1.807, 2.05) is 0 Å². The van der Waals surface area contributed by atoms with Gasteiger partial charge in [0, 0.05) is 33.2 Å². The Morgan fingerprint density at radius 2 is 1.42 bits per heavy atom. The van der Waals surface area contributed by atoms with Crippen molar-refractivity contribution >= 4 is 38.3 Å². The third-order valence-corrected chi connectivity index (χ3v) is 5.61. The number of phenolic OH excluding ortho intramolecular Hbond substituents is 1. The third kappa shape index (κ3) is 2.22. The number of methoxy groups -OCH3 is 2. The first-order valence-corrected chi connectivity index (χ1v) is 9.05. The Kier molecular flexibility index (Phi) is 3.70. The molecule has 0 aliphatic carbocycles. The molecular formula is C22H12O9. The first kappa shape index (κ1) is 18.7. The predicted octanol–water partition coefficient (Wildman–Crippen LogP) is 0.856. The normalized spacial score (nSPS) is 13.0. The molecule has 4 aromatic rings.